The number of carbonyl (C=O) groups excluding carboxylic acids is 3. The molecule has 0 bridgehead atoms. The standard InChI is InChI=1S/2C19H12N.C15H10N.C14H9N2.C11H8N.C8H5N2S.3C5H8O2.5Ir/c1-2-8-16-13-20-19(12-15(16)7-1)18-11-5-9-14-6-3-4-10-17(14)18;1-2-7-16-13-17(10-9-14(16)5-1)19-18-8-4-3-6-15(18)11-12-20-19;1-2-7-13(8-3-1)15-14-9-5-4-6-12(14)10-11-16-15;1-2-4-13-11(3-1)7-10-16-14(13)12-5-8-15-9-6-12;1-2-6-10(7-3-1)11-8-4-5-9-12-11;1-2-8(11-5-1)7-6-9-3-4-10-7;3*1-4(6)3-5(2)7;;;;;/h1-10,12-13H;1-9,11-13H;1-7,9-11H;1-5,7-10H;1-6,8-9H;1,3-6H;3*3,6H,1-2H3;;;;;/q6*-1;;;;;;;;. The summed E-state index contributed by atoms with van der Waals surface area (Å²) in [6.07, 6.45) is 21.3. The van der Waals surface area contributed by atoms with Crippen molar-refractivity contribution in [2.45, 2.75) is 41.5 Å². The first-order valence-electron chi connectivity index (χ1n) is 36.7. The first-order valence-corrected chi connectivity index (χ1v) is 37.6. The molecule has 18 rings (SSSR count). The van der Waals surface area contributed by atoms with E-state index in [-0.39, 0.29) is 135 Å². The number of hydrogen-bond donors (Lipinski definition) is 3. The van der Waals surface area contributed by atoms with Gasteiger partial charge in [0.2, 0.25) is 0 Å². The zero-order chi connectivity index (χ0) is 81.6. The quantitative estimate of drug-likeness (QED) is 0.0696. The van der Waals surface area contributed by atoms with Gasteiger partial charge in [0.1, 0.15) is 0 Å². The number of aliphatic hydroxyl groups excluding tert-OH is 3. The maximum atomic E-state index is 10.0. The Bertz CT molecular complexity index is 5900. The van der Waals surface area contributed by atoms with E-state index in [0.29, 0.717) is 0 Å². The number of rotatable bonds is 9. The zero-order valence-electron chi connectivity index (χ0n) is 66.3. The van der Waals surface area contributed by atoms with Gasteiger partial charge in [0, 0.05) is 162 Å². The number of pyridine rings is 6. The van der Waals surface area contributed by atoms with Gasteiger partial charge in [-0.1, -0.05) is 179 Å². The van der Waals surface area contributed by atoms with Gasteiger partial charge in [-0.15, -0.1) is 142 Å². The number of hydrogen-bond acceptors (Lipinski definition) is 15. The van der Waals surface area contributed by atoms with E-state index in [1.807, 2.05) is 176 Å². The van der Waals surface area contributed by atoms with Gasteiger partial charge in [0.05, 0.1) is 17.3 Å². The van der Waals surface area contributed by atoms with E-state index in [0.717, 1.165) is 77.6 Å². The van der Waals surface area contributed by atoms with Crippen LogP contribution in [0.25, 0.3) is 131 Å². The third kappa shape index (κ3) is 32.1. The van der Waals surface area contributed by atoms with Crippen LogP contribution in [0.5, 0.6) is 0 Å². The summed E-state index contributed by atoms with van der Waals surface area (Å²) in [5.74, 6) is -0.187. The predicted molar refractivity (Wildman–Crippen MR) is 471 cm³/mol. The van der Waals surface area contributed by atoms with Crippen molar-refractivity contribution in [3.05, 3.63) is 412 Å². The summed E-state index contributed by atoms with van der Waals surface area (Å²) in [6.45, 7) is 8.54. The number of aromatic nitrogens is 8. The topological polar surface area (TPSA) is 215 Å². The molecular weight excluding hydrogens is 2410 g/mol. The Hall–Kier alpha value is -11.7. The molecule has 0 spiro atoms. The van der Waals surface area contributed by atoms with Gasteiger partial charge < -0.3 is 45.2 Å². The number of nitrogens with zero attached hydrogens (tertiary/aromatic N) is 8. The minimum atomic E-state index is -0.125. The molecule has 20 heteroatoms. The molecule has 0 aliphatic rings. The van der Waals surface area contributed by atoms with Crippen LogP contribution in [0.4, 0.5) is 0 Å². The molecule has 3 N–H and O–H groups in total. The van der Waals surface area contributed by atoms with Gasteiger partial charge >= 0.3 is 0 Å². The minimum Gasteiger partial charge on any atom is -0.512 e. The minimum absolute atomic E-state index is 0. The molecule has 5 radical (unpaired) electrons. The van der Waals surface area contributed by atoms with Crippen LogP contribution in [0, 0.1) is 36.4 Å². The second-order valence-corrected chi connectivity index (χ2v) is 26.5. The Kier molecular flexibility index (Phi) is 44.4. The largest absolute Gasteiger partial charge is 0.512 e. The smallest absolute Gasteiger partial charge is 0.155 e. The second kappa shape index (κ2) is 53.8. The van der Waals surface area contributed by atoms with Crippen LogP contribution in [0.15, 0.2) is 376 Å². The molecule has 121 heavy (non-hydrogen) atoms. The first-order chi connectivity index (χ1) is 56.5. The first kappa shape index (κ1) is 99.9. The number of thiophene rings is 1. The molecule has 0 atom stereocenters. The van der Waals surface area contributed by atoms with Crippen molar-refractivity contribution in [3.8, 4) is 66.9 Å². The summed E-state index contributed by atoms with van der Waals surface area (Å²) in [5.41, 5.74) is 11.0. The number of fused-ring (bicyclic) bond motifs is 6. The average molecular weight is 2490 g/mol. The fraction of sp³-hybridized carbons (Fsp3) is 0.0594. The van der Waals surface area contributed by atoms with Gasteiger partial charge in [-0.05, 0) is 162 Å². The molecule has 617 valence electrons. The van der Waals surface area contributed by atoms with Crippen molar-refractivity contribution in [3.63, 3.8) is 0 Å². The van der Waals surface area contributed by atoms with Gasteiger partial charge in [-0.2, -0.15) is 23.8 Å². The predicted octanol–water partition coefficient (Wildman–Crippen LogP) is 24.2. The molecular formula is C101H80Ir5N8O6S-6. The van der Waals surface area contributed by atoms with Crippen LogP contribution >= 0.6 is 11.3 Å². The summed E-state index contributed by atoms with van der Waals surface area (Å²) in [6, 6.07) is 111. The van der Waals surface area contributed by atoms with Crippen LogP contribution in [-0.4, -0.2) is 72.5 Å². The molecule has 0 saturated carbocycles. The number of benzene rings is 10. The van der Waals surface area contributed by atoms with E-state index >= 15 is 0 Å². The normalized spacial score (nSPS) is 10.2. The molecule has 14 nitrogen and oxygen atoms in total. The average Bonchev–Trinajstić information content (AvgIpc) is 1.00. The molecule has 0 saturated heterocycles. The van der Waals surface area contributed by atoms with Gasteiger partial charge in [0.25, 0.3) is 0 Å². The van der Waals surface area contributed by atoms with Gasteiger partial charge in [-0.25, -0.2) is 11.3 Å². The van der Waals surface area contributed by atoms with Gasteiger partial charge in [-0.3, -0.25) is 24.4 Å². The fourth-order valence-electron chi connectivity index (χ4n) is 11.6. The van der Waals surface area contributed by atoms with E-state index in [4.69, 9.17) is 15.3 Å². The molecule has 10 aromatic carbocycles. The summed E-state index contributed by atoms with van der Waals surface area (Å²) in [7, 11) is 0. The summed E-state index contributed by atoms with van der Waals surface area (Å²) in [4.78, 5) is 65.4. The maximum Gasteiger partial charge on any atom is 0.155 e. The Labute approximate surface area is 776 Å². The van der Waals surface area contributed by atoms with E-state index in [1.165, 1.54) is 114 Å². The molecule has 8 heterocycles. The second-order valence-electron chi connectivity index (χ2n) is 25.6. The third-order valence-corrected chi connectivity index (χ3v) is 17.4. The van der Waals surface area contributed by atoms with Crippen molar-refractivity contribution < 1.29 is 130 Å². The summed E-state index contributed by atoms with van der Waals surface area (Å²) >= 11 is 1.62. The maximum absolute atomic E-state index is 10.0. The Morgan fingerprint density at radius 3 is 1.20 bits per heavy atom. The molecule has 0 amide bonds. The van der Waals surface area contributed by atoms with Crippen molar-refractivity contribution in [2.75, 3.05) is 0 Å². The van der Waals surface area contributed by atoms with Crippen LogP contribution in [0.2, 0.25) is 0 Å². The summed E-state index contributed by atoms with van der Waals surface area (Å²) < 4.78 is 0. The van der Waals surface area contributed by atoms with Crippen molar-refractivity contribution in [2.24, 2.45) is 0 Å². The van der Waals surface area contributed by atoms with E-state index in [9.17, 15) is 14.4 Å². The van der Waals surface area contributed by atoms with E-state index in [2.05, 4.69) is 204 Å². The Balaban J connectivity index is 0.000000247. The van der Waals surface area contributed by atoms with E-state index < -0.39 is 0 Å². The fourth-order valence-corrected chi connectivity index (χ4v) is 12.3. The summed E-state index contributed by atoms with van der Waals surface area (Å²) in [5, 5.41) is 41.4. The van der Waals surface area contributed by atoms with E-state index in [1.54, 1.807) is 48.5 Å². The molecule has 8 aromatic heterocycles. The van der Waals surface area contributed by atoms with Crippen LogP contribution in [-0.2, 0) is 115 Å². The number of aliphatic hydroxyl groups is 3. The Morgan fingerprint density at radius 2 is 0.752 bits per heavy atom. The molecule has 18 aromatic rings. The SMILES string of the molecule is CC(=O)C=C(C)O.CC(=O)C=C(C)O.CC(=O)C=C(C)O.[Ir].[Ir].[Ir].[Ir].[Ir].[c-]1cc2ccccc2cc1-c1nccc2ccccc12.[c-]1ccc2ccccc2c1-c1cc2ccccc2cn1.[c-]1ccccc1-c1ccccn1.[c-]1ccccc1-c1nccc2ccccc12.[c-]1ccsc1-c1cnccn1.[c-]1cnccc1-c1nccc2ccccc12. The number of ketones is 3. The van der Waals surface area contributed by atoms with Crippen LogP contribution in [0.1, 0.15) is 41.5 Å². The van der Waals surface area contributed by atoms with Crippen molar-refractivity contribution >= 4 is 93.3 Å². The number of allylic oxidation sites excluding steroid dienone is 6. The van der Waals surface area contributed by atoms with Gasteiger partial charge in [0.15, 0.2) is 17.3 Å². The zero-order valence-corrected chi connectivity index (χ0v) is 79.1. The van der Waals surface area contributed by atoms with Crippen molar-refractivity contribution in [1.82, 2.24) is 39.9 Å². The van der Waals surface area contributed by atoms with Crippen molar-refractivity contribution in [1.29, 1.82) is 0 Å². The van der Waals surface area contributed by atoms with Crippen LogP contribution in [0.3, 0.4) is 0 Å². The third-order valence-electron chi connectivity index (χ3n) is 16.6. The molecule has 0 unspecified atom stereocenters. The molecule has 0 fully saturated rings. The number of carbonyl (C=O) groups is 3. The molecule has 0 aliphatic heterocycles. The monoisotopic (exact) mass is 2500 g/mol. The van der Waals surface area contributed by atoms with Crippen LogP contribution < -0.4 is 0 Å². The molecule has 0 aliphatic carbocycles. The Morgan fingerprint density at radius 1 is 0.306 bits per heavy atom.